The zero-order chi connectivity index (χ0) is 27.5. The lowest BCUT2D eigenvalue weighted by Gasteiger charge is -2.14. The molecule has 37 heavy (non-hydrogen) atoms. The Morgan fingerprint density at radius 2 is 1.57 bits per heavy atom. The number of ether oxygens (including phenoxy) is 2. The van der Waals surface area contributed by atoms with Gasteiger partial charge in [-0.05, 0) is 25.5 Å². The lowest BCUT2D eigenvalue weighted by Crippen LogP contribution is -2.40. The fraction of sp³-hybridized carbons (Fsp3) is 0.520. The van der Waals surface area contributed by atoms with E-state index in [-0.39, 0.29) is 49.6 Å². The third-order valence-electron chi connectivity index (χ3n) is 5.51. The highest BCUT2D eigenvalue weighted by atomic mass is 32.2. The Bertz CT molecular complexity index is 1090. The van der Waals surface area contributed by atoms with Gasteiger partial charge in [0.25, 0.3) is 0 Å². The first-order valence-electron chi connectivity index (χ1n) is 11.9. The summed E-state index contributed by atoms with van der Waals surface area (Å²) < 4.78 is 21.5. The molecule has 0 spiro atoms. The van der Waals surface area contributed by atoms with Crippen molar-refractivity contribution in [1.29, 1.82) is 0 Å². The fourth-order valence-corrected chi connectivity index (χ4v) is 4.01. The average Bonchev–Trinajstić information content (AvgIpc) is 3.09. The van der Waals surface area contributed by atoms with E-state index in [9.17, 15) is 33.0 Å². The van der Waals surface area contributed by atoms with Crippen molar-refractivity contribution in [1.82, 2.24) is 10.6 Å². The summed E-state index contributed by atoms with van der Waals surface area (Å²) >= 11 is 0. The van der Waals surface area contributed by atoms with Crippen molar-refractivity contribution in [3.63, 3.8) is 0 Å². The van der Waals surface area contributed by atoms with Crippen LogP contribution in [0.15, 0.2) is 18.2 Å². The number of ketones is 4. The van der Waals surface area contributed by atoms with Crippen LogP contribution in [0.25, 0.3) is 0 Å². The van der Waals surface area contributed by atoms with Gasteiger partial charge in [-0.1, -0.05) is 13.0 Å². The zero-order valence-electron chi connectivity index (χ0n) is 21.1. The molecule has 2 rings (SSSR count). The van der Waals surface area contributed by atoms with Crippen LogP contribution >= 0.6 is 0 Å². The summed E-state index contributed by atoms with van der Waals surface area (Å²) in [5.74, 6) is -7.43. The van der Waals surface area contributed by atoms with E-state index in [0.717, 1.165) is 19.4 Å². The molecule has 1 aromatic rings. The van der Waals surface area contributed by atoms with E-state index in [4.69, 9.17) is 9.47 Å². The Morgan fingerprint density at radius 1 is 0.946 bits per heavy atom. The predicted octanol–water partition coefficient (Wildman–Crippen LogP) is 0.124. The first-order valence-corrected chi connectivity index (χ1v) is 13.6. The van der Waals surface area contributed by atoms with Gasteiger partial charge in [0.15, 0.2) is 29.2 Å². The van der Waals surface area contributed by atoms with Crippen molar-refractivity contribution >= 4 is 45.7 Å². The summed E-state index contributed by atoms with van der Waals surface area (Å²) in [5, 5.41) is 4.97. The van der Waals surface area contributed by atoms with Crippen molar-refractivity contribution in [3.8, 4) is 0 Å². The van der Waals surface area contributed by atoms with Gasteiger partial charge < -0.3 is 20.1 Å². The van der Waals surface area contributed by atoms with Gasteiger partial charge in [0.05, 0.1) is 19.8 Å². The average molecular weight is 537 g/mol. The van der Waals surface area contributed by atoms with Crippen molar-refractivity contribution in [2.45, 2.75) is 20.3 Å². The topological polar surface area (TPSA) is 162 Å². The summed E-state index contributed by atoms with van der Waals surface area (Å²) in [6.07, 6.45) is 2.35. The van der Waals surface area contributed by atoms with Crippen LogP contribution in [-0.4, -0.2) is 90.7 Å². The number of rotatable bonds is 16. The normalized spacial score (nSPS) is 16.1. The molecule has 0 fully saturated rings. The molecule has 0 saturated carbocycles. The van der Waals surface area contributed by atoms with Gasteiger partial charge in [-0.15, -0.1) is 0 Å². The van der Waals surface area contributed by atoms with Crippen LogP contribution in [0.2, 0.25) is 0 Å². The fourth-order valence-electron chi connectivity index (χ4n) is 3.66. The minimum Gasteiger partial charge on any atom is -0.380 e. The van der Waals surface area contributed by atoms with Crippen LogP contribution in [0.1, 0.15) is 51.3 Å². The van der Waals surface area contributed by atoms with E-state index in [1.54, 1.807) is 6.26 Å². The summed E-state index contributed by atoms with van der Waals surface area (Å²) in [6.45, 7) is 4.31. The van der Waals surface area contributed by atoms with E-state index in [0.29, 0.717) is 12.4 Å². The maximum atomic E-state index is 13.0. The minimum atomic E-state index is -1.62. The van der Waals surface area contributed by atoms with E-state index < -0.39 is 57.6 Å². The van der Waals surface area contributed by atoms with Gasteiger partial charge in [-0.2, -0.15) is 0 Å². The Hall–Kier alpha value is -3.09. The number of fused-ring (bicyclic) bond motifs is 1. The van der Waals surface area contributed by atoms with Crippen molar-refractivity contribution in [3.05, 3.63) is 34.9 Å². The number of Topliss-reactive ketones (excluding diaryl/α,β-unsaturated/α-hetero) is 4. The zero-order valence-corrected chi connectivity index (χ0v) is 21.9. The summed E-state index contributed by atoms with van der Waals surface area (Å²) in [6, 6.07) is 3.65. The Balaban J connectivity index is 2.06. The lowest BCUT2D eigenvalue weighted by molar-refractivity contribution is -0.131. The smallest absolute Gasteiger partial charge is 0.239 e. The second kappa shape index (κ2) is 14.6. The molecule has 3 atom stereocenters. The first-order chi connectivity index (χ1) is 17.6. The summed E-state index contributed by atoms with van der Waals surface area (Å²) in [4.78, 5) is 75.8. The molecule has 12 heteroatoms. The number of carbonyl (C=O) groups excluding carboxylic acids is 6. The van der Waals surface area contributed by atoms with E-state index in [1.165, 1.54) is 12.1 Å². The SMILES string of the molecule is CCCOCCNC(=O)C(C(C)=O)C(=O)c1ccc2c(c1)C(=O)C(C(=O)NCCOCCS(C)=O)C2=O. The molecule has 3 unspecified atom stereocenters. The van der Waals surface area contributed by atoms with Crippen LogP contribution in [0.3, 0.4) is 0 Å². The second-order valence-electron chi connectivity index (χ2n) is 8.41. The molecule has 0 radical (unpaired) electrons. The molecule has 11 nitrogen and oxygen atoms in total. The van der Waals surface area contributed by atoms with Gasteiger partial charge in [0, 0.05) is 59.2 Å². The molecule has 202 valence electrons. The molecule has 0 heterocycles. The van der Waals surface area contributed by atoms with Crippen LogP contribution in [0.4, 0.5) is 0 Å². The first kappa shape index (κ1) is 30.1. The van der Waals surface area contributed by atoms with Crippen LogP contribution in [0, 0.1) is 11.8 Å². The number of amides is 2. The van der Waals surface area contributed by atoms with Gasteiger partial charge in [-0.25, -0.2) is 0 Å². The second-order valence-corrected chi connectivity index (χ2v) is 9.97. The van der Waals surface area contributed by atoms with Crippen LogP contribution in [-0.2, 0) is 34.7 Å². The molecular weight excluding hydrogens is 504 g/mol. The van der Waals surface area contributed by atoms with Gasteiger partial charge in [-0.3, -0.25) is 33.0 Å². The number of hydrogen-bond donors (Lipinski definition) is 2. The quantitative estimate of drug-likeness (QED) is 0.170. The molecule has 2 amide bonds. The number of benzene rings is 1. The molecule has 2 N–H and O–H groups in total. The maximum Gasteiger partial charge on any atom is 0.239 e. The minimum absolute atomic E-state index is 0.0136. The predicted molar refractivity (Wildman–Crippen MR) is 134 cm³/mol. The maximum absolute atomic E-state index is 13.0. The number of nitrogens with one attached hydrogen (secondary N) is 2. The molecule has 1 aromatic carbocycles. The van der Waals surface area contributed by atoms with Crippen molar-refractivity contribution in [2.75, 3.05) is 51.5 Å². The third-order valence-corrected chi connectivity index (χ3v) is 6.25. The third kappa shape index (κ3) is 8.20. The molecule has 0 aromatic heterocycles. The van der Waals surface area contributed by atoms with Crippen LogP contribution < -0.4 is 10.6 Å². The summed E-state index contributed by atoms with van der Waals surface area (Å²) in [5.41, 5.74) is -0.228. The highest BCUT2D eigenvalue weighted by Gasteiger charge is 2.44. The van der Waals surface area contributed by atoms with Crippen LogP contribution in [0.5, 0.6) is 0 Å². The highest BCUT2D eigenvalue weighted by Crippen LogP contribution is 2.29. The number of hydrogen-bond acceptors (Lipinski definition) is 9. The summed E-state index contributed by atoms with van der Waals surface area (Å²) in [7, 11) is -1.00. The molecular formula is C25H32N2O9S. The molecule has 0 aliphatic heterocycles. The monoisotopic (exact) mass is 536 g/mol. The molecule has 1 aliphatic carbocycles. The Labute approximate surface area is 217 Å². The van der Waals surface area contributed by atoms with Gasteiger partial charge in [0.2, 0.25) is 11.8 Å². The molecule has 0 saturated heterocycles. The molecule has 0 bridgehead atoms. The van der Waals surface area contributed by atoms with E-state index in [2.05, 4.69) is 10.6 Å². The van der Waals surface area contributed by atoms with Gasteiger partial charge >= 0.3 is 0 Å². The Kier molecular flexibility index (Phi) is 11.9. The highest BCUT2D eigenvalue weighted by molar-refractivity contribution is 7.84. The Morgan fingerprint density at radius 3 is 2.19 bits per heavy atom. The van der Waals surface area contributed by atoms with Gasteiger partial charge in [0.1, 0.15) is 5.78 Å². The lowest BCUT2D eigenvalue weighted by atomic mass is 9.91. The van der Waals surface area contributed by atoms with Crippen molar-refractivity contribution < 1.29 is 42.4 Å². The standard InChI is InChI=1S/C25H32N2O9S/c1-4-9-35-10-7-26-24(32)19(15(2)28)21(29)16-5-6-17-18(14-16)23(31)20(22(17)30)25(33)27-8-11-36-12-13-37(3)34/h5-6,14,19-20H,4,7-13H2,1-3H3,(H,26,32)(H,27,33). The van der Waals surface area contributed by atoms with E-state index in [1.807, 2.05) is 6.92 Å². The molecule has 1 aliphatic rings. The number of carbonyl (C=O) groups is 6. The largest absolute Gasteiger partial charge is 0.380 e. The van der Waals surface area contributed by atoms with E-state index >= 15 is 0 Å². The van der Waals surface area contributed by atoms with Crippen molar-refractivity contribution in [2.24, 2.45) is 11.8 Å².